The van der Waals surface area contributed by atoms with Gasteiger partial charge in [0.25, 0.3) is 0 Å². The number of hydrogen-bond acceptors (Lipinski definition) is 5. The first kappa shape index (κ1) is 14.6. The van der Waals surface area contributed by atoms with Gasteiger partial charge < -0.3 is 9.67 Å². The number of sulfonamides is 1. The number of nitrogens with one attached hydrogen (secondary N) is 1. The molecule has 0 radical (unpaired) electrons. The first-order chi connectivity index (χ1) is 9.44. The molecule has 0 atom stereocenters. The van der Waals surface area contributed by atoms with Gasteiger partial charge in [-0.3, -0.25) is 0 Å². The van der Waals surface area contributed by atoms with Crippen LogP contribution in [-0.4, -0.2) is 28.3 Å². The minimum absolute atomic E-state index is 0.109. The summed E-state index contributed by atoms with van der Waals surface area (Å²) < 4.78 is 41.5. The smallest absolute Gasteiger partial charge is 0.243 e. The van der Waals surface area contributed by atoms with Gasteiger partial charge in [0, 0.05) is 7.05 Å². The molecule has 1 heterocycles. The molecule has 108 valence electrons. The van der Waals surface area contributed by atoms with Gasteiger partial charge in [-0.15, -0.1) is 10.2 Å². The highest BCUT2D eigenvalue weighted by molar-refractivity contribution is 7.89. The van der Waals surface area contributed by atoms with Crippen LogP contribution < -0.4 is 4.72 Å². The fourth-order valence-corrected chi connectivity index (χ4v) is 2.66. The van der Waals surface area contributed by atoms with Crippen LogP contribution in [0.25, 0.3) is 0 Å². The van der Waals surface area contributed by atoms with Gasteiger partial charge >= 0.3 is 0 Å². The standard InChI is InChI=1S/C11H13FN4O3S/c1-16-7-13-15-11(16)5-14-20(18,19)10-4-8(6-17)2-3-9(10)12/h2-4,7,14,17H,5-6H2,1H3. The zero-order chi connectivity index (χ0) is 14.8. The Bertz CT molecular complexity index is 714. The van der Waals surface area contributed by atoms with Gasteiger partial charge in [-0.1, -0.05) is 6.07 Å². The second-order valence-corrected chi connectivity index (χ2v) is 5.84. The van der Waals surface area contributed by atoms with Crippen LogP contribution in [0, 0.1) is 5.82 Å². The zero-order valence-electron chi connectivity index (χ0n) is 10.6. The molecule has 0 aliphatic rings. The topological polar surface area (TPSA) is 97.1 Å². The number of nitrogens with zero attached hydrogens (tertiary/aromatic N) is 3. The van der Waals surface area contributed by atoms with Crippen molar-refractivity contribution in [1.82, 2.24) is 19.5 Å². The van der Waals surface area contributed by atoms with Crippen molar-refractivity contribution in [3.63, 3.8) is 0 Å². The van der Waals surface area contributed by atoms with Crippen molar-refractivity contribution in [3.8, 4) is 0 Å². The molecule has 2 aromatic rings. The van der Waals surface area contributed by atoms with Gasteiger partial charge in [0.2, 0.25) is 10.0 Å². The summed E-state index contributed by atoms with van der Waals surface area (Å²) in [6, 6.07) is 3.41. The Morgan fingerprint density at radius 3 is 2.80 bits per heavy atom. The van der Waals surface area contributed by atoms with Crippen molar-refractivity contribution in [1.29, 1.82) is 0 Å². The third-order valence-corrected chi connectivity index (χ3v) is 4.11. The summed E-state index contributed by atoms with van der Waals surface area (Å²) in [5, 5.41) is 16.3. The largest absolute Gasteiger partial charge is 0.392 e. The molecule has 7 nitrogen and oxygen atoms in total. The van der Waals surface area contributed by atoms with Gasteiger partial charge in [-0.2, -0.15) is 0 Å². The molecule has 20 heavy (non-hydrogen) atoms. The lowest BCUT2D eigenvalue weighted by Gasteiger charge is -2.08. The highest BCUT2D eigenvalue weighted by atomic mass is 32.2. The lowest BCUT2D eigenvalue weighted by atomic mass is 10.2. The fraction of sp³-hybridized carbons (Fsp3) is 0.273. The number of aliphatic hydroxyl groups excluding tert-OH is 1. The number of aliphatic hydroxyl groups is 1. The molecule has 0 bridgehead atoms. The van der Waals surface area contributed by atoms with Crippen LogP contribution in [0.1, 0.15) is 11.4 Å². The monoisotopic (exact) mass is 300 g/mol. The molecule has 0 aliphatic heterocycles. The van der Waals surface area contributed by atoms with E-state index in [0.29, 0.717) is 11.4 Å². The molecule has 0 saturated heterocycles. The van der Waals surface area contributed by atoms with Crippen LogP contribution in [0.3, 0.4) is 0 Å². The van der Waals surface area contributed by atoms with Gasteiger partial charge in [-0.25, -0.2) is 17.5 Å². The third kappa shape index (κ3) is 3.00. The maximum absolute atomic E-state index is 13.6. The van der Waals surface area contributed by atoms with E-state index in [2.05, 4.69) is 14.9 Å². The van der Waals surface area contributed by atoms with Crippen LogP contribution >= 0.6 is 0 Å². The Hall–Kier alpha value is -1.84. The van der Waals surface area contributed by atoms with Gasteiger partial charge in [-0.05, 0) is 17.7 Å². The molecular formula is C11H13FN4O3S. The summed E-state index contributed by atoms with van der Waals surface area (Å²) >= 11 is 0. The van der Waals surface area contributed by atoms with E-state index in [1.807, 2.05) is 0 Å². The zero-order valence-corrected chi connectivity index (χ0v) is 11.4. The fourth-order valence-electron chi connectivity index (χ4n) is 1.56. The molecule has 0 spiro atoms. The van der Waals surface area contributed by atoms with E-state index in [9.17, 15) is 12.8 Å². The van der Waals surface area contributed by atoms with Crippen LogP contribution in [0.15, 0.2) is 29.4 Å². The quantitative estimate of drug-likeness (QED) is 0.805. The summed E-state index contributed by atoms with van der Waals surface area (Å²) in [6.45, 7) is -0.478. The van der Waals surface area contributed by atoms with E-state index in [4.69, 9.17) is 5.11 Å². The molecule has 0 aliphatic carbocycles. The van der Waals surface area contributed by atoms with E-state index in [0.717, 1.165) is 12.1 Å². The van der Waals surface area contributed by atoms with Crippen molar-refractivity contribution in [2.24, 2.45) is 7.05 Å². The van der Waals surface area contributed by atoms with Gasteiger partial charge in [0.05, 0.1) is 13.2 Å². The van der Waals surface area contributed by atoms with Crippen molar-refractivity contribution in [2.75, 3.05) is 0 Å². The maximum Gasteiger partial charge on any atom is 0.243 e. The molecule has 0 fully saturated rings. The van der Waals surface area contributed by atoms with Crippen molar-refractivity contribution >= 4 is 10.0 Å². The first-order valence-electron chi connectivity index (χ1n) is 5.66. The second-order valence-electron chi connectivity index (χ2n) is 4.11. The Morgan fingerprint density at radius 2 is 2.20 bits per heavy atom. The lowest BCUT2D eigenvalue weighted by Crippen LogP contribution is -2.25. The molecule has 0 saturated carbocycles. The van der Waals surface area contributed by atoms with Crippen molar-refractivity contribution < 1.29 is 17.9 Å². The summed E-state index contributed by atoms with van der Waals surface area (Å²) in [4.78, 5) is -0.508. The molecule has 1 aromatic carbocycles. The Labute approximate surface area is 115 Å². The molecule has 9 heteroatoms. The summed E-state index contributed by atoms with van der Waals surface area (Å²) in [7, 11) is -2.37. The lowest BCUT2D eigenvalue weighted by molar-refractivity contribution is 0.281. The minimum Gasteiger partial charge on any atom is -0.392 e. The van der Waals surface area contributed by atoms with Crippen LogP contribution in [0.2, 0.25) is 0 Å². The van der Waals surface area contributed by atoms with Crippen molar-refractivity contribution in [2.45, 2.75) is 18.0 Å². The SMILES string of the molecule is Cn1cnnc1CNS(=O)(=O)c1cc(CO)ccc1F. The molecule has 0 unspecified atom stereocenters. The highest BCUT2D eigenvalue weighted by Crippen LogP contribution is 2.16. The Morgan fingerprint density at radius 1 is 1.45 bits per heavy atom. The predicted octanol–water partition coefficient (Wildman–Crippen LogP) is -0.0750. The molecule has 2 rings (SSSR count). The average molecular weight is 300 g/mol. The molecule has 1 aromatic heterocycles. The van der Waals surface area contributed by atoms with E-state index >= 15 is 0 Å². The van der Waals surface area contributed by atoms with Gasteiger partial charge in [0.15, 0.2) is 0 Å². The van der Waals surface area contributed by atoms with E-state index in [1.54, 1.807) is 11.6 Å². The van der Waals surface area contributed by atoms with E-state index in [-0.39, 0.29) is 13.2 Å². The average Bonchev–Trinajstić information content (AvgIpc) is 2.82. The number of rotatable bonds is 5. The Balaban J connectivity index is 2.24. The molecular weight excluding hydrogens is 287 g/mol. The minimum atomic E-state index is -4.03. The summed E-state index contributed by atoms with van der Waals surface area (Å²) in [5.41, 5.74) is 0.311. The number of aromatic nitrogens is 3. The molecule has 2 N–H and O–H groups in total. The van der Waals surface area contributed by atoms with Crippen molar-refractivity contribution in [3.05, 3.63) is 41.7 Å². The van der Waals surface area contributed by atoms with E-state index in [1.165, 1.54) is 12.4 Å². The highest BCUT2D eigenvalue weighted by Gasteiger charge is 2.20. The number of benzene rings is 1. The third-order valence-electron chi connectivity index (χ3n) is 2.69. The molecule has 0 amide bonds. The number of halogens is 1. The van der Waals surface area contributed by atoms with Gasteiger partial charge in [0.1, 0.15) is 22.9 Å². The van der Waals surface area contributed by atoms with E-state index < -0.39 is 20.7 Å². The second kappa shape index (κ2) is 5.65. The number of hydrogen-bond donors (Lipinski definition) is 2. The summed E-state index contributed by atoms with van der Waals surface area (Å²) in [5.74, 6) is -0.486. The van der Waals surface area contributed by atoms with Crippen LogP contribution in [0.4, 0.5) is 4.39 Å². The predicted molar refractivity (Wildman–Crippen MR) is 67.4 cm³/mol. The van der Waals surface area contributed by atoms with Crippen LogP contribution in [-0.2, 0) is 30.2 Å². The maximum atomic E-state index is 13.6. The van der Waals surface area contributed by atoms with Crippen LogP contribution in [0.5, 0.6) is 0 Å². The number of aryl methyl sites for hydroxylation is 1. The normalized spacial score (nSPS) is 11.8. The first-order valence-corrected chi connectivity index (χ1v) is 7.14. The summed E-state index contributed by atoms with van der Waals surface area (Å²) in [6.07, 6.45) is 1.43. The Kier molecular flexibility index (Phi) is 4.12.